The van der Waals surface area contributed by atoms with E-state index in [2.05, 4.69) is 43.6 Å². The first-order valence-corrected chi connectivity index (χ1v) is 11.3. The molecule has 8 nitrogen and oxygen atoms in total. The van der Waals surface area contributed by atoms with Crippen LogP contribution in [0.5, 0.6) is 0 Å². The average Bonchev–Trinajstić information content (AvgIpc) is 3.23. The maximum Gasteiger partial charge on any atom is 0.221 e. The van der Waals surface area contributed by atoms with Crippen LogP contribution in [-0.2, 0) is 17.6 Å². The number of rotatable bonds is 7. The van der Waals surface area contributed by atoms with Gasteiger partial charge in [0.1, 0.15) is 5.82 Å². The predicted molar refractivity (Wildman–Crippen MR) is 124 cm³/mol. The number of benzene rings is 1. The number of aliphatic imine (C=N–C) groups is 1. The van der Waals surface area contributed by atoms with E-state index in [1.165, 1.54) is 24.0 Å². The summed E-state index contributed by atoms with van der Waals surface area (Å²) in [6.07, 6.45) is 1.74. The molecule has 2 heterocycles. The highest BCUT2D eigenvalue weighted by Gasteiger charge is 2.21. The number of nitrogens with zero attached hydrogens (tertiary/aromatic N) is 5. The lowest BCUT2D eigenvalue weighted by Gasteiger charge is -2.36. The van der Waals surface area contributed by atoms with Gasteiger partial charge in [0.25, 0.3) is 0 Å². The first kappa shape index (κ1) is 22.0. The lowest BCUT2D eigenvalue weighted by atomic mass is 10.1. The molecule has 0 atom stereocenters. The maximum atomic E-state index is 11.1. The number of carbonyl (C=O) groups excluding carboxylic acids is 1. The van der Waals surface area contributed by atoms with Crippen molar-refractivity contribution in [1.29, 1.82) is 0 Å². The summed E-state index contributed by atoms with van der Waals surface area (Å²) in [5.41, 5.74) is 2.03. The summed E-state index contributed by atoms with van der Waals surface area (Å²) in [5, 5.41) is 7.24. The minimum atomic E-state index is -0.0559. The fourth-order valence-electron chi connectivity index (χ4n) is 3.30. The van der Waals surface area contributed by atoms with Gasteiger partial charge in [-0.2, -0.15) is 4.37 Å². The minimum Gasteiger partial charge on any atom is -0.357 e. The van der Waals surface area contributed by atoms with E-state index in [1.807, 2.05) is 24.3 Å². The number of aromatic nitrogens is 2. The number of nitrogens with one attached hydrogen (secondary N) is 2. The summed E-state index contributed by atoms with van der Waals surface area (Å²) in [5.74, 6) is 1.84. The van der Waals surface area contributed by atoms with E-state index in [4.69, 9.17) is 4.99 Å². The molecule has 0 radical (unpaired) electrons. The second kappa shape index (κ2) is 10.9. The zero-order chi connectivity index (χ0) is 21.3. The van der Waals surface area contributed by atoms with Crippen LogP contribution >= 0.6 is 11.5 Å². The first-order valence-electron chi connectivity index (χ1n) is 10.6. The van der Waals surface area contributed by atoms with Gasteiger partial charge in [0, 0.05) is 69.8 Å². The Morgan fingerprint density at radius 1 is 1.17 bits per heavy atom. The van der Waals surface area contributed by atoms with Crippen LogP contribution in [0.4, 0.5) is 10.8 Å². The molecule has 0 saturated carbocycles. The van der Waals surface area contributed by atoms with E-state index in [0.29, 0.717) is 0 Å². The standard InChI is InChI=1S/C21H31N7OS/c1-4-19-25-21(30-26-19)28-14-12-27(13-15-28)20(22-5-2)23-11-10-17-6-8-18(9-7-17)24-16(3)29/h6-9H,4-5,10-15H2,1-3H3,(H,22,23)(H,24,29). The Morgan fingerprint density at radius 2 is 1.90 bits per heavy atom. The van der Waals surface area contributed by atoms with Gasteiger partial charge in [-0.15, -0.1) is 0 Å². The Bertz CT molecular complexity index is 841. The normalized spacial score (nSPS) is 14.7. The first-order chi connectivity index (χ1) is 14.6. The summed E-state index contributed by atoms with van der Waals surface area (Å²) >= 11 is 1.49. The Kier molecular flexibility index (Phi) is 8.01. The second-order valence-corrected chi connectivity index (χ2v) is 7.91. The summed E-state index contributed by atoms with van der Waals surface area (Å²) in [6.45, 7) is 10.9. The van der Waals surface area contributed by atoms with Crippen molar-refractivity contribution in [3.8, 4) is 0 Å². The van der Waals surface area contributed by atoms with Crippen LogP contribution in [0.15, 0.2) is 29.3 Å². The maximum absolute atomic E-state index is 11.1. The molecular weight excluding hydrogens is 398 g/mol. The molecule has 9 heteroatoms. The number of hydrogen-bond donors (Lipinski definition) is 2. The lowest BCUT2D eigenvalue weighted by Crippen LogP contribution is -2.52. The van der Waals surface area contributed by atoms with Crippen molar-refractivity contribution in [2.75, 3.05) is 49.5 Å². The number of guanidine groups is 1. The highest BCUT2D eigenvalue weighted by atomic mass is 32.1. The van der Waals surface area contributed by atoms with E-state index in [-0.39, 0.29) is 5.91 Å². The quantitative estimate of drug-likeness (QED) is 0.519. The Morgan fingerprint density at radius 3 is 2.50 bits per heavy atom. The molecule has 2 aromatic rings. The monoisotopic (exact) mass is 429 g/mol. The smallest absolute Gasteiger partial charge is 0.221 e. The van der Waals surface area contributed by atoms with Crippen LogP contribution in [-0.4, -0.2) is 65.4 Å². The van der Waals surface area contributed by atoms with Crippen molar-refractivity contribution in [2.24, 2.45) is 4.99 Å². The molecule has 0 spiro atoms. The van der Waals surface area contributed by atoms with Gasteiger partial charge in [0.05, 0.1) is 0 Å². The largest absolute Gasteiger partial charge is 0.357 e. The summed E-state index contributed by atoms with van der Waals surface area (Å²) in [7, 11) is 0. The zero-order valence-electron chi connectivity index (χ0n) is 18.0. The van der Waals surface area contributed by atoms with Gasteiger partial charge in [-0.3, -0.25) is 9.79 Å². The topological polar surface area (TPSA) is 85.8 Å². The number of amides is 1. The second-order valence-electron chi connectivity index (χ2n) is 7.18. The van der Waals surface area contributed by atoms with Gasteiger partial charge in [0.15, 0.2) is 5.96 Å². The fourth-order valence-corrected chi connectivity index (χ4v) is 4.10. The zero-order valence-corrected chi connectivity index (χ0v) is 18.8. The number of anilines is 2. The van der Waals surface area contributed by atoms with Crippen LogP contribution < -0.4 is 15.5 Å². The van der Waals surface area contributed by atoms with Gasteiger partial charge >= 0.3 is 0 Å². The summed E-state index contributed by atoms with van der Waals surface area (Å²) in [4.78, 5) is 25.2. The van der Waals surface area contributed by atoms with E-state index >= 15 is 0 Å². The van der Waals surface area contributed by atoms with Crippen molar-refractivity contribution in [1.82, 2.24) is 19.6 Å². The van der Waals surface area contributed by atoms with Gasteiger partial charge in [0.2, 0.25) is 11.0 Å². The van der Waals surface area contributed by atoms with Crippen molar-refractivity contribution in [3.63, 3.8) is 0 Å². The van der Waals surface area contributed by atoms with Crippen LogP contribution in [0, 0.1) is 0 Å². The Labute approximate surface area is 182 Å². The van der Waals surface area contributed by atoms with Crippen molar-refractivity contribution in [2.45, 2.75) is 33.6 Å². The molecule has 1 aliphatic rings. The molecule has 1 saturated heterocycles. The molecule has 0 aliphatic carbocycles. The van der Waals surface area contributed by atoms with Gasteiger partial charge in [-0.25, -0.2) is 4.98 Å². The molecular formula is C21H31N7OS. The fraction of sp³-hybridized carbons (Fsp3) is 0.524. The molecule has 1 aliphatic heterocycles. The third kappa shape index (κ3) is 6.16. The molecule has 0 unspecified atom stereocenters. The molecule has 3 rings (SSSR count). The Balaban J connectivity index is 1.52. The van der Waals surface area contributed by atoms with Gasteiger partial charge < -0.3 is 20.4 Å². The third-order valence-corrected chi connectivity index (χ3v) is 5.71. The highest BCUT2D eigenvalue weighted by Crippen LogP contribution is 2.19. The van der Waals surface area contributed by atoms with Crippen molar-refractivity contribution in [3.05, 3.63) is 35.7 Å². The highest BCUT2D eigenvalue weighted by molar-refractivity contribution is 7.09. The lowest BCUT2D eigenvalue weighted by molar-refractivity contribution is -0.114. The predicted octanol–water partition coefficient (Wildman–Crippen LogP) is 2.39. The minimum absolute atomic E-state index is 0.0559. The van der Waals surface area contributed by atoms with Crippen molar-refractivity contribution >= 4 is 34.2 Å². The molecule has 0 bridgehead atoms. The van der Waals surface area contributed by atoms with Crippen LogP contribution in [0.2, 0.25) is 0 Å². The molecule has 162 valence electrons. The molecule has 1 aromatic carbocycles. The molecule has 1 fully saturated rings. The van der Waals surface area contributed by atoms with Crippen molar-refractivity contribution < 1.29 is 4.79 Å². The third-order valence-electron chi connectivity index (χ3n) is 4.89. The number of piperazine rings is 1. The molecule has 2 N–H and O–H groups in total. The van der Waals surface area contributed by atoms with Gasteiger partial charge in [-0.05, 0) is 31.0 Å². The average molecular weight is 430 g/mol. The summed E-state index contributed by atoms with van der Waals surface area (Å²) in [6, 6.07) is 7.95. The van der Waals surface area contributed by atoms with Crippen LogP contribution in [0.25, 0.3) is 0 Å². The van der Waals surface area contributed by atoms with Gasteiger partial charge in [-0.1, -0.05) is 19.1 Å². The Hall–Kier alpha value is -2.68. The molecule has 1 aromatic heterocycles. The summed E-state index contributed by atoms with van der Waals surface area (Å²) < 4.78 is 4.40. The number of aryl methyl sites for hydroxylation is 1. The van der Waals surface area contributed by atoms with Crippen LogP contribution in [0.3, 0.4) is 0 Å². The number of carbonyl (C=O) groups is 1. The van der Waals surface area contributed by atoms with E-state index in [0.717, 1.165) is 74.7 Å². The number of hydrogen-bond acceptors (Lipinski definition) is 6. The van der Waals surface area contributed by atoms with E-state index in [9.17, 15) is 4.79 Å². The van der Waals surface area contributed by atoms with Crippen LogP contribution in [0.1, 0.15) is 32.2 Å². The van der Waals surface area contributed by atoms with E-state index < -0.39 is 0 Å². The van der Waals surface area contributed by atoms with E-state index in [1.54, 1.807) is 0 Å². The molecule has 1 amide bonds. The molecule has 30 heavy (non-hydrogen) atoms. The SMILES string of the molecule is CCNC(=NCCc1ccc(NC(C)=O)cc1)N1CCN(c2nc(CC)ns2)CC1.